The first-order valence-electron chi connectivity index (χ1n) is 3.87. The maximum Gasteiger partial charge on any atom is 0.181 e. The number of allylic oxidation sites excluding steroid dienone is 2. The van der Waals surface area contributed by atoms with Crippen LogP contribution in [-0.4, -0.2) is 25.6 Å². The van der Waals surface area contributed by atoms with Crippen molar-refractivity contribution in [2.24, 2.45) is 0 Å². The van der Waals surface area contributed by atoms with Gasteiger partial charge >= 0.3 is 0 Å². The Morgan fingerprint density at radius 3 is 2.92 bits per heavy atom. The molecule has 1 unspecified atom stereocenters. The molecule has 1 rings (SSSR count). The van der Waals surface area contributed by atoms with Crippen molar-refractivity contribution in [2.75, 3.05) is 13.7 Å². The Labute approximate surface area is 71.7 Å². The van der Waals surface area contributed by atoms with E-state index >= 15 is 0 Å². The van der Waals surface area contributed by atoms with Gasteiger partial charge in [0.1, 0.15) is 11.9 Å². The van der Waals surface area contributed by atoms with Crippen LogP contribution in [0.5, 0.6) is 0 Å². The number of hydrogen-bond donors (Lipinski definition) is 0. The lowest BCUT2D eigenvalue weighted by Gasteiger charge is -2.17. The maximum atomic E-state index is 10.9. The normalized spacial score (nSPS) is 22.3. The lowest BCUT2D eigenvalue weighted by atomic mass is 10.1. The van der Waals surface area contributed by atoms with Crippen LogP contribution < -0.4 is 0 Å². The number of methoxy groups -OCH3 is 1. The van der Waals surface area contributed by atoms with Gasteiger partial charge in [-0.2, -0.15) is 0 Å². The van der Waals surface area contributed by atoms with E-state index in [9.17, 15) is 4.79 Å². The first kappa shape index (κ1) is 9.00. The van der Waals surface area contributed by atoms with Crippen LogP contribution in [0.1, 0.15) is 6.92 Å². The number of rotatable bonds is 3. The molecule has 0 spiro atoms. The van der Waals surface area contributed by atoms with Gasteiger partial charge in [-0.05, 0) is 19.1 Å². The summed E-state index contributed by atoms with van der Waals surface area (Å²) in [5.74, 6) is 0.541. The van der Waals surface area contributed by atoms with E-state index in [-0.39, 0.29) is 11.9 Å². The molecule has 1 aliphatic carbocycles. The van der Waals surface area contributed by atoms with Gasteiger partial charge in [0, 0.05) is 13.2 Å². The maximum absolute atomic E-state index is 10.9. The van der Waals surface area contributed by atoms with E-state index in [2.05, 4.69) is 0 Å². The molecular formula is C9H12O3. The van der Waals surface area contributed by atoms with E-state index in [1.54, 1.807) is 13.2 Å². The summed E-state index contributed by atoms with van der Waals surface area (Å²) in [4.78, 5) is 10.9. The Balaban J connectivity index is 2.70. The van der Waals surface area contributed by atoms with Crippen molar-refractivity contribution in [1.82, 2.24) is 0 Å². The molecule has 1 aliphatic rings. The molecule has 0 amide bonds. The van der Waals surface area contributed by atoms with E-state index in [4.69, 9.17) is 9.47 Å². The number of carbonyl (C=O) groups excluding carboxylic acids is 1. The zero-order chi connectivity index (χ0) is 8.97. The monoisotopic (exact) mass is 168 g/mol. The van der Waals surface area contributed by atoms with Gasteiger partial charge in [-0.3, -0.25) is 4.79 Å². The van der Waals surface area contributed by atoms with Crippen LogP contribution in [0.4, 0.5) is 0 Å². The Hall–Kier alpha value is -1.09. The lowest BCUT2D eigenvalue weighted by Crippen LogP contribution is -2.18. The fourth-order valence-corrected chi connectivity index (χ4v) is 1.03. The van der Waals surface area contributed by atoms with Crippen LogP contribution in [0.25, 0.3) is 0 Å². The van der Waals surface area contributed by atoms with Crippen LogP contribution in [0.3, 0.4) is 0 Å². The molecule has 0 aromatic heterocycles. The smallest absolute Gasteiger partial charge is 0.181 e. The first-order chi connectivity index (χ1) is 5.77. The summed E-state index contributed by atoms with van der Waals surface area (Å²) in [6, 6.07) is 0. The molecule has 3 nitrogen and oxygen atoms in total. The number of carbonyl (C=O) groups is 1. The first-order valence-corrected chi connectivity index (χ1v) is 3.87. The Morgan fingerprint density at radius 2 is 2.33 bits per heavy atom. The third kappa shape index (κ3) is 1.95. The number of hydrogen-bond acceptors (Lipinski definition) is 3. The van der Waals surface area contributed by atoms with E-state index in [1.165, 1.54) is 12.2 Å². The van der Waals surface area contributed by atoms with Crippen LogP contribution in [0, 0.1) is 0 Å². The van der Waals surface area contributed by atoms with Crippen molar-refractivity contribution in [3.63, 3.8) is 0 Å². The number of ketones is 1. The van der Waals surface area contributed by atoms with E-state index in [0.717, 1.165) is 0 Å². The summed E-state index contributed by atoms with van der Waals surface area (Å²) in [6.45, 7) is 2.42. The minimum absolute atomic E-state index is 0.0493. The Bertz CT molecular complexity index is 228. The minimum Gasteiger partial charge on any atom is -0.495 e. The average molecular weight is 168 g/mol. The minimum atomic E-state index is -0.206. The third-order valence-electron chi connectivity index (χ3n) is 1.57. The second-order valence-electron chi connectivity index (χ2n) is 2.40. The highest BCUT2D eigenvalue weighted by atomic mass is 16.5. The van der Waals surface area contributed by atoms with E-state index in [0.29, 0.717) is 12.4 Å². The molecule has 0 saturated heterocycles. The van der Waals surface area contributed by atoms with Crippen molar-refractivity contribution >= 4 is 5.78 Å². The molecule has 0 heterocycles. The molecule has 12 heavy (non-hydrogen) atoms. The van der Waals surface area contributed by atoms with E-state index < -0.39 is 0 Å². The highest BCUT2D eigenvalue weighted by molar-refractivity contribution is 6.00. The van der Waals surface area contributed by atoms with Crippen LogP contribution in [-0.2, 0) is 14.3 Å². The fourth-order valence-electron chi connectivity index (χ4n) is 1.03. The zero-order valence-electron chi connectivity index (χ0n) is 7.24. The molecule has 0 aliphatic heterocycles. The molecule has 0 aromatic rings. The fraction of sp³-hybridized carbons (Fsp3) is 0.444. The summed E-state index contributed by atoms with van der Waals surface area (Å²) in [6.07, 6.45) is 4.42. The molecule has 0 bridgehead atoms. The molecule has 0 fully saturated rings. The van der Waals surface area contributed by atoms with Gasteiger partial charge in [-0.1, -0.05) is 0 Å². The van der Waals surface area contributed by atoms with Gasteiger partial charge in [-0.25, -0.2) is 0 Å². The van der Waals surface area contributed by atoms with Crippen molar-refractivity contribution in [2.45, 2.75) is 13.0 Å². The van der Waals surface area contributed by atoms with Gasteiger partial charge in [0.05, 0.1) is 6.61 Å². The summed E-state index contributed by atoms with van der Waals surface area (Å²) < 4.78 is 10.3. The summed E-state index contributed by atoms with van der Waals surface area (Å²) >= 11 is 0. The highest BCUT2D eigenvalue weighted by Gasteiger charge is 2.16. The van der Waals surface area contributed by atoms with Gasteiger partial charge in [0.2, 0.25) is 0 Å². The van der Waals surface area contributed by atoms with Crippen LogP contribution >= 0.6 is 0 Å². The predicted molar refractivity (Wildman–Crippen MR) is 44.7 cm³/mol. The van der Waals surface area contributed by atoms with Gasteiger partial charge in [-0.15, -0.1) is 0 Å². The molecule has 0 saturated carbocycles. The summed E-state index contributed by atoms with van der Waals surface area (Å²) in [7, 11) is 1.58. The molecule has 0 N–H and O–H groups in total. The zero-order valence-corrected chi connectivity index (χ0v) is 7.24. The van der Waals surface area contributed by atoms with Crippen molar-refractivity contribution in [1.29, 1.82) is 0 Å². The quantitative estimate of drug-likeness (QED) is 0.632. The van der Waals surface area contributed by atoms with Crippen molar-refractivity contribution in [3.05, 3.63) is 24.0 Å². The van der Waals surface area contributed by atoms with Gasteiger partial charge in [0.25, 0.3) is 0 Å². The van der Waals surface area contributed by atoms with Gasteiger partial charge < -0.3 is 9.47 Å². The lowest BCUT2D eigenvalue weighted by molar-refractivity contribution is -0.111. The molecule has 3 heteroatoms. The van der Waals surface area contributed by atoms with Crippen LogP contribution in [0.15, 0.2) is 24.0 Å². The highest BCUT2D eigenvalue weighted by Crippen LogP contribution is 2.13. The largest absolute Gasteiger partial charge is 0.495 e. The molecule has 0 radical (unpaired) electrons. The second-order valence-corrected chi connectivity index (χ2v) is 2.40. The predicted octanol–water partition coefficient (Wildman–Crippen LogP) is 1.06. The van der Waals surface area contributed by atoms with Gasteiger partial charge in [0.15, 0.2) is 5.78 Å². The SMILES string of the molecule is CCOC1=CC(=O)C=CC1OC. The topological polar surface area (TPSA) is 35.5 Å². The van der Waals surface area contributed by atoms with Crippen LogP contribution in [0.2, 0.25) is 0 Å². The standard InChI is InChI=1S/C9H12O3/c1-3-12-9-6-7(10)4-5-8(9)11-2/h4-6,8H,3H2,1-2H3. The van der Waals surface area contributed by atoms with Crippen molar-refractivity contribution < 1.29 is 14.3 Å². The van der Waals surface area contributed by atoms with E-state index in [1.807, 2.05) is 6.92 Å². The Kier molecular flexibility index (Phi) is 3.05. The molecule has 0 aromatic carbocycles. The molecular weight excluding hydrogens is 156 g/mol. The molecule has 66 valence electrons. The summed E-state index contributed by atoms with van der Waals surface area (Å²) in [5.41, 5.74) is 0. The summed E-state index contributed by atoms with van der Waals surface area (Å²) in [5, 5.41) is 0. The second kappa shape index (κ2) is 4.07. The third-order valence-corrected chi connectivity index (χ3v) is 1.57. The number of ether oxygens (including phenoxy) is 2. The Morgan fingerprint density at radius 1 is 1.58 bits per heavy atom. The molecule has 1 atom stereocenters. The average Bonchev–Trinajstić information content (AvgIpc) is 2.05. The van der Waals surface area contributed by atoms with Crippen molar-refractivity contribution in [3.8, 4) is 0 Å².